The fourth-order valence-electron chi connectivity index (χ4n) is 17.3. The van der Waals surface area contributed by atoms with E-state index in [1.807, 2.05) is 24.3 Å². The van der Waals surface area contributed by atoms with E-state index in [0.717, 1.165) is 77.5 Å². The molecule has 2 N–H and O–H groups in total. The summed E-state index contributed by atoms with van der Waals surface area (Å²) >= 11 is 0. The van der Waals surface area contributed by atoms with Crippen molar-refractivity contribution in [1.29, 1.82) is 0 Å². The summed E-state index contributed by atoms with van der Waals surface area (Å²) in [5.74, 6) is 5.61. The third-order valence-corrected chi connectivity index (χ3v) is 25.2. The molecule has 0 saturated carbocycles. The second-order valence-electron chi connectivity index (χ2n) is 36.1. The highest BCUT2D eigenvalue weighted by Crippen LogP contribution is 2.36. The topological polar surface area (TPSA) is 81.3 Å². The first kappa shape index (κ1) is 107. The van der Waals surface area contributed by atoms with Crippen LogP contribution in [0.5, 0.6) is 23.0 Å². The zero-order chi connectivity index (χ0) is 82.9. The predicted molar refractivity (Wildman–Crippen MR) is 510 cm³/mol. The van der Waals surface area contributed by atoms with Crippen molar-refractivity contribution in [3.05, 3.63) is 107 Å². The standard InChI is InChI=1S/C108H185BNO6.BrH/c1-9-17-25-33-41-45-53-61-68-98(66-57-49-37-29-21-13-5)91-113-105-86-80-95(88-107(105)115-93-100(70-59-51-39-31-23-15-7)72-63-55-47-43-35-27-19-11-3)78-84-103-74-65-75-104(110(103)90-97-76-82-102(83-77-97)109(111)112)85-79-96-81-87-106(114-92-99(67-58-50-38-30-22-14-6)69-62-54-46-42-34-26-18-10-2)108(89-96)116-94-101(71-60-52-40-32-24-16-8)73-64-56-48-44-36-28-20-12-4;/h65,74-89,98-101,111-112H,9-64,66-73,90-94H2,1-8H3;1H/q+1;/p-1/b84-78+,85-79+;. The number of ether oxygens (including phenoxy) is 4. The predicted octanol–water partition coefficient (Wildman–Crippen LogP) is 30.2. The second kappa shape index (κ2) is 76.8. The molecule has 0 amide bonds. The van der Waals surface area contributed by atoms with Gasteiger partial charge in [0.15, 0.2) is 29.5 Å². The molecule has 117 heavy (non-hydrogen) atoms. The van der Waals surface area contributed by atoms with Crippen LogP contribution in [0.15, 0.2) is 78.9 Å². The molecule has 4 rings (SSSR count). The van der Waals surface area contributed by atoms with Crippen molar-refractivity contribution < 1.29 is 50.5 Å². The molecule has 4 atom stereocenters. The first-order chi connectivity index (χ1) is 57.2. The largest absolute Gasteiger partial charge is 1.00 e. The third kappa shape index (κ3) is 55.7. The molecule has 9 heteroatoms. The van der Waals surface area contributed by atoms with Crippen molar-refractivity contribution in [3.63, 3.8) is 0 Å². The molecule has 0 aliphatic rings. The summed E-state index contributed by atoms with van der Waals surface area (Å²) in [6, 6.07) is 27.8. The van der Waals surface area contributed by atoms with Crippen molar-refractivity contribution in [2.75, 3.05) is 26.4 Å². The van der Waals surface area contributed by atoms with Gasteiger partial charge in [0.05, 0.1) is 26.4 Å². The summed E-state index contributed by atoms with van der Waals surface area (Å²) in [5.41, 5.74) is 5.86. The Kier molecular flexibility index (Phi) is 70.3. The van der Waals surface area contributed by atoms with E-state index in [0.29, 0.717) is 35.7 Å². The molecule has 0 radical (unpaired) electrons. The Morgan fingerprint density at radius 2 is 0.487 bits per heavy atom. The van der Waals surface area contributed by atoms with Gasteiger partial charge in [-0.05, 0) is 134 Å². The molecule has 668 valence electrons. The maximum atomic E-state index is 10.2. The van der Waals surface area contributed by atoms with E-state index in [9.17, 15) is 10.0 Å². The van der Waals surface area contributed by atoms with Gasteiger partial charge in [-0.15, -0.1) is 0 Å². The number of hydrogen-bond acceptors (Lipinski definition) is 6. The Morgan fingerprint density at radius 3 is 0.718 bits per heavy atom. The van der Waals surface area contributed by atoms with E-state index in [-0.39, 0.29) is 17.0 Å². The summed E-state index contributed by atoms with van der Waals surface area (Å²) in [4.78, 5) is 0. The number of pyridine rings is 1. The normalized spacial score (nSPS) is 12.7. The summed E-state index contributed by atoms with van der Waals surface area (Å²) in [6.07, 6.45) is 93.5. The maximum Gasteiger partial charge on any atom is 0.488 e. The van der Waals surface area contributed by atoms with Gasteiger partial charge >= 0.3 is 7.12 Å². The van der Waals surface area contributed by atoms with Crippen molar-refractivity contribution >= 4 is 36.9 Å². The summed E-state index contributed by atoms with van der Waals surface area (Å²) in [5, 5.41) is 20.4. The van der Waals surface area contributed by atoms with Crippen molar-refractivity contribution in [2.45, 2.75) is 473 Å². The highest BCUT2D eigenvalue weighted by Gasteiger charge is 2.22. The number of nitrogens with zero attached hydrogens (tertiary/aromatic N) is 1. The number of unbranched alkanes of at least 4 members (excludes halogenated alkanes) is 48. The lowest BCUT2D eigenvalue weighted by molar-refractivity contribution is -0.691. The van der Waals surface area contributed by atoms with Crippen LogP contribution in [0.1, 0.15) is 494 Å². The minimum atomic E-state index is -1.53. The van der Waals surface area contributed by atoms with E-state index in [1.54, 1.807) is 0 Å². The number of benzene rings is 3. The molecule has 0 spiro atoms. The van der Waals surface area contributed by atoms with Gasteiger partial charge in [-0.25, -0.2) is 0 Å². The van der Waals surface area contributed by atoms with Crippen LogP contribution in [0.3, 0.4) is 0 Å². The summed E-state index contributed by atoms with van der Waals surface area (Å²) in [6.45, 7) is 22.1. The minimum absolute atomic E-state index is 0. The van der Waals surface area contributed by atoms with Crippen LogP contribution >= 0.6 is 0 Å². The molecule has 0 aliphatic carbocycles. The molecule has 4 unspecified atom stereocenters. The number of aromatic nitrogens is 1. The van der Waals surface area contributed by atoms with Crippen molar-refractivity contribution in [1.82, 2.24) is 0 Å². The van der Waals surface area contributed by atoms with E-state index in [1.165, 1.54) is 411 Å². The second-order valence-corrected chi connectivity index (χ2v) is 36.1. The Balaban J connectivity index is 0.0000354. The van der Waals surface area contributed by atoms with Gasteiger partial charge in [-0.2, -0.15) is 4.57 Å². The zero-order valence-electron chi connectivity index (χ0n) is 77.8. The third-order valence-electron chi connectivity index (χ3n) is 25.2. The highest BCUT2D eigenvalue weighted by molar-refractivity contribution is 6.58. The van der Waals surface area contributed by atoms with Crippen molar-refractivity contribution in [2.24, 2.45) is 23.7 Å². The Labute approximate surface area is 735 Å². The summed E-state index contributed by atoms with van der Waals surface area (Å²) < 4.78 is 31.1. The Morgan fingerprint density at radius 1 is 0.265 bits per heavy atom. The van der Waals surface area contributed by atoms with Gasteiger partial charge in [0.25, 0.3) is 0 Å². The molecular formula is C108H185BBrNO6. The van der Waals surface area contributed by atoms with Crippen LogP contribution < -0.4 is 46.0 Å². The lowest BCUT2D eigenvalue weighted by atomic mass is 9.80. The zero-order valence-corrected chi connectivity index (χ0v) is 79.4. The van der Waals surface area contributed by atoms with Crippen molar-refractivity contribution in [3.8, 4) is 23.0 Å². The van der Waals surface area contributed by atoms with Crippen LogP contribution in [-0.4, -0.2) is 43.6 Å². The van der Waals surface area contributed by atoms with E-state index < -0.39 is 7.12 Å². The molecule has 1 aromatic heterocycles. The van der Waals surface area contributed by atoms with Crippen LogP contribution in [0.4, 0.5) is 0 Å². The number of rotatable bonds is 83. The highest BCUT2D eigenvalue weighted by atomic mass is 79.9. The Hall–Kier alpha value is -4.05. The average molecular weight is 1680 g/mol. The molecule has 0 fully saturated rings. The molecular weight excluding hydrogens is 1500 g/mol. The molecule has 0 aliphatic heterocycles. The monoisotopic (exact) mass is 1680 g/mol. The molecule has 3 aromatic carbocycles. The lowest BCUT2D eigenvalue weighted by Crippen LogP contribution is -3.00. The first-order valence-corrected chi connectivity index (χ1v) is 50.8. The van der Waals surface area contributed by atoms with Gasteiger partial charge in [0, 0.05) is 29.8 Å². The molecule has 1 heterocycles. The van der Waals surface area contributed by atoms with Gasteiger partial charge in [0.1, 0.15) is 0 Å². The SMILES string of the molecule is CCCCCCCCCCC(CCCCCCCC)COc1ccc(/C=C/c2cccc(/C=C/c3ccc(OCC(CCCCCCCC)CCCCCCCCCC)c(OCC(CCCCCCCC)CCCCCCCCCC)c3)[n+]2Cc2ccc(B(O)O)cc2)cc1OCC(CCCCCCCC)CCCCCCCCCC.[Br-]. The summed E-state index contributed by atoms with van der Waals surface area (Å²) in [7, 11) is -1.53. The van der Waals surface area contributed by atoms with Gasteiger partial charge < -0.3 is 46.0 Å². The number of halogens is 1. The van der Waals surface area contributed by atoms with Crippen LogP contribution in [-0.2, 0) is 6.54 Å². The molecule has 0 saturated heterocycles. The van der Waals surface area contributed by atoms with Gasteiger partial charge in [-0.3, -0.25) is 0 Å². The van der Waals surface area contributed by atoms with Gasteiger partial charge in [-0.1, -0.05) is 451 Å². The minimum Gasteiger partial charge on any atom is -1.00 e. The van der Waals surface area contributed by atoms with Crippen LogP contribution in [0.2, 0.25) is 0 Å². The smallest absolute Gasteiger partial charge is 0.488 e. The van der Waals surface area contributed by atoms with E-state index in [2.05, 4.69) is 139 Å². The van der Waals surface area contributed by atoms with E-state index >= 15 is 0 Å². The molecule has 7 nitrogen and oxygen atoms in total. The fraction of sp³-hybridized carbons (Fsp3) is 0.750. The van der Waals surface area contributed by atoms with E-state index in [4.69, 9.17) is 18.9 Å². The molecule has 0 bridgehead atoms. The van der Waals surface area contributed by atoms with Gasteiger partial charge in [0.2, 0.25) is 11.4 Å². The number of hydrogen-bond donors (Lipinski definition) is 2. The maximum absolute atomic E-state index is 10.2. The quantitative estimate of drug-likeness (QED) is 0.0260. The molecule has 4 aromatic rings. The Bertz CT molecular complexity index is 2750. The van der Waals surface area contributed by atoms with Crippen LogP contribution in [0, 0.1) is 23.7 Å². The lowest BCUT2D eigenvalue weighted by Gasteiger charge is -2.22. The fourth-order valence-corrected chi connectivity index (χ4v) is 17.3. The van der Waals surface area contributed by atoms with Crippen LogP contribution in [0.25, 0.3) is 24.3 Å². The average Bonchev–Trinajstić information content (AvgIpc) is 0.816. The first-order valence-electron chi connectivity index (χ1n) is 50.8.